The first-order chi connectivity index (χ1) is 12.4. The van der Waals surface area contributed by atoms with Crippen LogP contribution in [0, 0.1) is 19.7 Å². The van der Waals surface area contributed by atoms with Crippen molar-refractivity contribution < 1.29 is 9.18 Å². The smallest absolute Gasteiger partial charge is 0.237 e. The molecule has 0 aliphatic heterocycles. The highest BCUT2D eigenvalue weighted by Gasteiger charge is 2.18. The van der Waals surface area contributed by atoms with Crippen molar-refractivity contribution in [3.05, 3.63) is 65.6 Å². The Morgan fingerprint density at radius 2 is 1.81 bits per heavy atom. The van der Waals surface area contributed by atoms with Crippen LogP contribution in [-0.2, 0) is 4.79 Å². The zero-order valence-electron chi connectivity index (χ0n) is 14.8. The fourth-order valence-electron chi connectivity index (χ4n) is 2.60. The molecule has 134 valence electrons. The van der Waals surface area contributed by atoms with Gasteiger partial charge in [-0.15, -0.1) is 0 Å². The maximum atomic E-state index is 13.0. The number of para-hydroxylation sites is 1. The molecule has 6 heteroatoms. The zero-order valence-corrected chi connectivity index (χ0v) is 15.7. The molecular formula is C20H20FN3OS. The first-order valence-corrected chi connectivity index (χ1v) is 9.16. The highest BCUT2D eigenvalue weighted by Crippen LogP contribution is 2.26. The number of nitrogens with one attached hydrogen (secondary N) is 2. The molecule has 0 aliphatic carbocycles. The lowest BCUT2D eigenvalue weighted by Crippen LogP contribution is -2.23. The summed E-state index contributed by atoms with van der Waals surface area (Å²) in [4.78, 5) is 20.0. The molecule has 1 atom stereocenters. The van der Waals surface area contributed by atoms with Gasteiger partial charge < -0.3 is 10.3 Å². The van der Waals surface area contributed by atoms with E-state index < -0.39 is 0 Å². The van der Waals surface area contributed by atoms with Crippen LogP contribution in [0.1, 0.15) is 18.1 Å². The van der Waals surface area contributed by atoms with Crippen molar-refractivity contribution in [2.45, 2.75) is 31.2 Å². The normalized spacial score (nSPS) is 12.0. The fourth-order valence-corrected chi connectivity index (χ4v) is 3.38. The Morgan fingerprint density at radius 3 is 2.46 bits per heavy atom. The number of thioether (sulfide) groups is 1. The number of benzene rings is 2. The molecule has 0 fully saturated rings. The van der Waals surface area contributed by atoms with Gasteiger partial charge in [-0.25, -0.2) is 9.37 Å². The summed E-state index contributed by atoms with van der Waals surface area (Å²) in [6.45, 7) is 5.79. The zero-order chi connectivity index (χ0) is 18.7. The predicted molar refractivity (Wildman–Crippen MR) is 104 cm³/mol. The summed E-state index contributed by atoms with van der Waals surface area (Å²) in [6, 6.07) is 12.1. The standard InChI is InChI=1S/C20H20FN3OS/c1-12-5-4-6-13(2)18(12)24-19(25)14(3)26-20-22-11-17(23-20)15-7-9-16(21)10-8-15/h4-11,14H,1-3H3,(H,22,23)(H,24,25). The van der Waals surface area contributed by atoms with Crippen LogP contribution in [0.2, 0.25) is 0 Å². The number of imidazole rings is 1. The predicted octanol–water partition coefficient (Wildman–Crippen LogP) is 4.95. The number of anilines is 1. The van der Waals surface area contributed by atoms with Crippen LogP contribution in [0.4, 0.5) is 10.1 Å². The topological polar surface area (TPSA) is 57.8 Å². The SMILES string of the molecule is Cc1cccc(C)c1NC(=O)C(C)Sc1ncc(-c2ccc(F)cc2)[nH]1. The number of rotatable bonds is 5. The van der Waals surface area contributed by atoms with Crippen molar-refractivity contribution in [1.82, 2.24) is 9.97 Å². The van der Waals surface area contributed by atoms with Crippen molar-refractivity contribution in [2.24, 2.45) is 0 Å². The Morgan fingerprint density at radius 1 is 1.15 bits per heavy atom. The molecule has 0 bridgehead atoms. The van der Waals surface area contributed by atoms with Crippen molar-refractivity contribution >= 4 is 23.4 Å². The first-order valence-electron chi connectivity index (χ1n) is 8.28. The Balaban J connectivity index is 1.67. The number of hydrogen-bond donors (Lipinski definition) is 2. The minimum absolute atomic E-state index is 0.0767. The second-order valence-corrected chi connectivity index (χ2v) is 7.45. The molecule has 3 rings (SSSR count). The van der Waals surface area contributed by atoms with E-state index in [0.717, 1.165) is 28.1 Å². The third kappa shape index (κ3) is 4.14. The van der Waals surface area contributed by atoms with Crippen LogP contribution in [-0.4, -0.2) is 21.1 Å². The van der Waals surface area contributed by atoms with Gasteiger partial charge in [0.25, 0.3) is 0 Å². The van der Waals surface area contributed by atoms with Gasteiger partial charge in [0, 0.05) is 5.69 Å². The molecular weight excluding hydrogens is 349 g/mol. The van der Waals surface area contributed by atoms with Crippen LogP contribution < -0.4 is 5.32 Å². The van der Waals surface area contributed by atoms with Gasteiger partial charge in [0.1, 0.15) is 5.82 Å². The molecule has 3 aromatic rings. The number of carbonyl (C=O) groups excluding carboxylic acids is 1. The lowest BCUT2D eigenvalue weighted by atomic mass is 10.1. The third-order valence-corrected chi connectivity index (χ3v) is 5.09. The number of nitrogens with zero attached hydrogens (tertiary/aromatic N) is 1. The highest BCUT2D eigenvalue weighted by molar-refractivity contribution is 8.00. The van der Waals surface area contributed by atoms with E-state index in [0.29, 0.717) is 5.16 Å². The van der Waals surface area contributed by atoms with E-state index in [4.69, 9.17) is 0 Å². The van der Waals surface area contributed by atoms with Gasteiger partial charge in [-0.2, -0.15) is 0 Å². The Kier molecular flexibility index (Phi) is 5.42. The molecule has 0 saturated heterocycles. The second kappa shape index (κ2) is 7.74. The van der Waals surface area contributed by atoms with Crippen molar-refractivity contribution in [1.29, 1.82) is 0 Å². The first kappa shape index (κ1) is 18.2. The lowest BCUT2D eigenvalue weighted by molar-refractivity contribution is -0.115. The van der Waals surface area contributed by atoms with E-state index in [1.54, 1.807) is 18.3 Å². The summed E-state index contributed by atoms with van der Waals surface area (Å²) in [5, 5.41) is 3.33. The molecule has 0 radical (unpaired) electrons. The Bertz CT molecular complexity index is 901. The van der Waals surface area contributed by atoms with Gasteiger partial charge >= 0.3 is 0 Å². The van der Waals surface area contributed by atoms with Crippen molar-refractivity contribution in [3.63, 3.8) is 0 Å². The van der Waals surface area contributed by atoms with Crippen molar-refractivity contribution in [2.75, 3.05) is 5.32 Å². The number of aromatic nitrogens is 2. The molecule has 2 N–H and O–H groups in total. The second-order valence-electron chi connectivity index (χ2n) is 6.13. The van der Waals surface area contributed by atoms with Gasteiger partial charge in [-0.1, -0.05) is 30.0 Å². The average Bonchev–Trinajstić information content (AvgIpc) is 3.07. The van der Waals surface area contributed by atoms with Gasteiger partial charge in [0.2, 0.25) is 5.91 Å². The van der Waals surface area contributed by atoms with E-state index in [9.17, 15) is 9.18 Å². The number of H-pyrrole nitrogens is 1. The third-order valence-electron chi connectivity index (χ3n) is 4.09. The molecule has 1 aromatic heterocycles. The van der Waals surface area contributed by atoms with E-state index in [2.05, 4.69) is 15.3 Å². The number of carbonyl (C=O) groups is 1. The van der Waals surface area contributed by atoms with E-state index in [1.165, 1.54) is 23.9 Å². The molecule has 1 amide bonds. The van der Waals surface area contributed by atoms with Crippen LogP contribution >= 0.6 is 11.8 Å². The quantitative estimate of drug-likeness (QED) is 0.626. The summed E-state index contributed by atoms with van der Waals surface area (Å²) in [5.41, 5.74) is 4.56. The highest BCUT2D eigenvalue weighted by atomic mass is 32.2. The maximum Gasteiger partial charge on any atom is 0.237 e. The summed E-state index contributed by atoms with van der Waals surface area (Å²) in [5.74, 6) is -0.355. The summed E-state index contributed by atoms with van der Waals surface area (Å²) < 4.78 is 13.0. The van der Waals surface area contributed by atoms with E-state index in [-0.39, 0.29) is 17.0 Å². The minimum Gasteiger partial charge on any atom is -0.333 e. The fraction of sp³-hybridized carbons (Fsp3) is 0.200. The summed E-state index contributed by atoms with van der Waals surface area (Å²) in [6.07, 6.45) is 1.69. The molecule has 4 nitrogen and oxygen atoms in total. The average molecular weight is 369 g/mol. The molecule has 26 heavy (non-hydrogen) atoms. The van der Waals surface area contributed by atoms with Crippen LogP contribution in [0.15, 0.2) is 53.8 Å². The summed E-state index contributed by atoms with van der Waals surface area (Å²) in [7, 11) is 0. The summed E-state index contributed by atoms with van der Waals surface area (Å²) >= 11 is 1.35. The number of halogens is 1. The van der Waals surface area contributed by atoms with Crippen LogP contribution in [0.5, 0.6) is 0 Å². The van der Waals surface area contributed by atoms with Gasteiger partial charge in [0.05, 0.1) is 17.1 Å². The van der Waals surface area contributed by atoms with Gasteiger partial charge in [-0.3, -0.25) is 4.79 Å². The number of hydrogen-bond acceptors (Lipinski definition) is 3. The maximum absolute atomic E-state index is 13.0. The molecule has 0 aliphatic rings. The van der Waals surface area contributed by atoms with Crippen LogP contribution in [0.25, 0.3) is 11.3 Å². The van der Waals surface area contributed by atoms with E-state index in [1.807, 2.05) is 39.0 Å². The Labute approximate surface area is 156 Å². The number of amides is 1. The van der Waals surface area contributed by atoms with Gasteiger partial charge in [0.15, 0.2) is 5.16 Å². The molecule has 1 unspecified atom stereocenters. The molecule has 2 aromatic carbocycles. The Hall–Kier alpha value is -2.60. The number of aryl methyl sites for hydroxylation is 2. The molecule has 1 heterocycles. The van der Waals surface area contributed by atoms with Gasteiger partial charge in [-0.05, 0) is 61.7 Å². The monoisotopic (exact) mass is 369 g/mol. The van der Waals surface area contributed by atoms with Crippen LogP contribution in [0.3, 0.4) is 0 Å². The minimum atomic E-state index is -0.318. The number of aromatic amines is 1. The molecule has 0 saturated carbocycles. The largest absolute Gasteiger partial charge is 0.333 e. The van der Waals surface area contributed by atoms with Crippen molar-refractivity contribution in [3.8, 4) is 11.3 Å². The van der Waals surface area contributed by atoms with E-state index >= 15 is 0 Å². The lowest BCUT2D eigenvalue weighted by Gasteiger charge is -2.14. The molecule has 0 spiro atoms.